The monoisotopic (exact) mass is 2170 g/mol. The number of nitrogens with zero attached hydrogens (tertiary/aromatic N) is 2. The van der Waals surface area contributed by atoms with Crippen LogP contribution in [0.15, 0.2) is 127 Å². The molecule has 0 aromatic heterocycles. The van der Waals surface area contributed by atoms with E-state index in [0.717, 1.165) is 153 Å². The van der Waals surface area contributed by atoms with Gasteiger partial charge in [-0.1, -0.05) is 265 Å². The van der Waals surface area contributed by atoms with E-state index < -0.39 is 18.1 Å². The quantitative estimate of drug-likeness (QED) is 0.0426. The van der Waals surface area contributed by atoms with Crippen molar-refractivity contribution in [1.29, 1.82) is 0 Å². The molecular weight excluding hydrogens is 2040 g/mol. The topological polar surface area (TPSA) is 196 Å². The summed E-state index contributed by atoms with van der Waals surface area (Å²) in [5.74, 6) is 4.04. The molecule has 132 heavy (non-hydrogen) atoms. The fourth-order valence-electron chi connectivity index (χ4n) is 24.2. The predicted octanol–water partition coefficient (Wildman–Crippen LogP) is 26.6. The third kappa shape index (κ3) is 28.2. The Kier molecular flexibility index (Phi) is 45.5. The number of benzene rings is 7. The molecule has 4 heterocycles. The summed E-state index contributed by atoms with van der Waals surface area (Å²) in [5.41, 5.74) is 10.3. The van der Waals surface area contributed by atoms with Crippen LogP contribution in [0.4, 0.5) is 0 Å². The zero-order valence-corrected chi connectivity index (χ0v) is 88.9. The molecule has 18 rings (SSSR count). The Bertz CT molecular complexity index is 4740. The van der Waals surface area contributed by atoms with Crippen LogP contribution in [-0.2, 0) is 56.0 Å². The highest BCUT2D eigenvalue weighted by molar-refractivity contribution is 8.13. The summed E-state index contributed by atoms with van der Waals surface area (Å²) >= 11 is 84.9. The van der Waals surface area contributed by atoms with Crippen molar-refractivity contribution in [2.24, 2.45) is 41.4 Å². The normalized spacial score (nSPS) is 28.7. The van der Waals surface area contributed by atoms with Crippen LogP contribution in [0.25, 0.3) is 0 Å². The maximum atomic E-state index is 9.63. The summed E-state index contributed by atoms with van der Waals surface area (Å²) in [6.07, 6.45) is 27.6. The van der Waals surface area contributed by atoms with E-state index in [1.807, 2.05) is 100 Å². The standard InChI is InChI=1S/3C14H19Cl2NO.2C14H17Cl2N.2C13H15Cl2N.2CH3ClO2S.2CH4/c3*1-17-9-14(6-2-3-11(14)8-18)10-4-5-12(15)13(16)7-10;2*1-17-8-11-3-2-6-14(11,9-17)10-4-5-12(15)13(16)7-10;2*14-11-4-3-9(6-12(11)15)13-5-1-2-10(13)7-16-8-13;2*1-5(2,3)4;;/h3*4-5,7,11,17-18H,2-3,6,8-9H2,1H3;2*4-5,7,11H,2-3,6,8-9H2,1H3;2*3-4,6,10,16H,1-2,5,7-8H2;2*1H3;2*1H4/t3*11-,14+;11?,14-;11-,14?;10?,13-;10-,13?;;;;/m1000000..../s1. The summed E-state index contributed by atoms with van der Waals surface area (Å²) in [7, 11) is 12.9. The van der Waals surface area contributed by atoms with Gasteiger partial charge in [0.15, 0.2) is 0 Å². The van der Waals surface area contributed by atoms with Crippen molar-refractivity contribution in [1.82, 2.24) is 36.4 Å². The van der Waals surface area contributed by atoms with E-state index in [0.29, 0.717) is 110 Å². The lowest BCUT2D eigenvalue weighted by Gasteiger charge is -2.35. The molecular formula is C100H135Cl16N7O7S2. The Morgan fingerprint density at radius 3 is 0.758 bits per heavy atom. The molecule has 4 saturated heterocycles. The minimum Gasteiger partial charge on any atom is -0.396 e. The van der Waals surface area contributed by atoms with Gasteiger partial charge < -0.3 is 51.7 Å². The third-order valence-electron chi connectivity index (χ3n) is 30.1. The summed E-state index contributed by atoms with van der Waals surface area (Å²) in [6, 6.07) is 42.2. The molecule has 7 saturated carbocycles. The van der Waals surface area contributed by atoms with Crippen LogP contribution in [0, 0.1) is 41.4 Å². The molecule has 736 valence electrons. The second kappa shape index (κ2) is 51.8. The van der Waals surface area contributed by atoms with Gasteiger partial charge in [-0.2, -0.15) is 0 Å². The van der Waals surface area contributed by atoms with Crippen LogP contribution in [0.5, 0.6) is 0 Å². The second-order valence-corrected chi connectivity index (χ2v) is 49.6. The summed E-state index contributed by atoms with van der Waals surface area (Å²) in [6.45, 7) is 12.5. The van der Waals surface area contributed by atoms with E-state index in [1.54, 1.807) is 0 Å². The van der Waals surface area contributed by atoms with Crippen molar-refractivity contribution in [3.63, 3.8) is 0 Å². The van der Waals surface area contributed by atoms with Crippen molar-refractivity contribution in [3.8, 4) is 0 Å². The SMILES string of the molecule is C.C.CN1CC2CCC[C@@]2(c2ccc(Cl)c(Cl)c2)C1.CN1C[C@@H]2CCCC2(c2ccc(Cl)c(Cl)c2)C1.CNC[C@@]1(c2ccc(Cl)c(Cl)c2)CCC[C@H]1CO.CNC[C@@]1(c2ccc(Cl)c(Cl)c2)CCC[C@H]1CO.CNC[C@]1(c2ccc(Cl)c(Cl)c2)CCC[C@@H]1CO.CS(=O)(=O)Cl.CS(=O)(=O)Cl.Clc1ccc(C23CCC[C@H]2CNC3)cc1Cl.Clc1ccc([C@@]23CCCC2CNC3)cc1Cl. The van der Waals surface area contributed by atoms with Crippen molar-refractivity contribution in [2.45, 2.75) is 188 Å². The second-order valence-electron chi connectivity index (χ2n) is 37.8. The number of likely N-dealkylation sites (N-methyl/N-ethyl adjacent to an activating group) is 5. The van der Waals surface area contributed by atoms with Crippen LogP contribution >= 0.6 is 184 Å². The predicted molar refractivity (Wildman–Crippen MR) is 567 cm³/mol. The minimum atomic E-state index is -3.19. The van der Waals surface area contributed by atoms with E-state index in [1.165, 1.54) is 129 Å². The molecule has 7 aromatic rings. The Hall–Kier alpha value is -1.32. The molecule has 8 N–H and O–H groups in total. The lowest BCUT2D eigenvalue weighted by molar-refractivity contribution is 0.169. The van der Waals surface area contributed by atoms with Gasteiger partial charge in [-0.25, -0.2) is 16.8 Å². The van der Waals surface area contributed by atoms with Gasteiger partial charge in [-0.3, -0.25) is 0 Å². The first kappa shape index (κ1) is 116. The van der Waals surface area contributed by atoms with E-state index in [2.05, 4.69) is 120 Å². The van der Waals surface area contributed by atoms with Gasteiger partial charge >= 0.3 is 0 Å². The number of nitrogens with one attached hydrogen (secondary N) is 5. The van der Waals surface area contributed by atoms with Crippen LogP contribution in [0.3, 0.4) is 0 Å². The van der Waals surface area contributed by atoms with Crippen molar-refractivity contribution in [2.75, 3.05) is 140 Å². The molecule has 14 nitrogen and oxygen atoms in total. The minimum absolute atomic E-state index is 0. The van der Waals surface area contributed by atoms with Crippen molar-refractivity contribution in [3.05, 3.63) is 237 Å². The number of fused-ring (bicyclic) bond motifs is 4. The number of aliphatic hydroxyl groups excluding tert-OH is 3. The third-order valence-corrected chi connectivity index (χ3v) is 35.3. The largest absolute Gasteiger partial charge is 0.396 e. The van der Waals surface area contributed by atoms with Crippen LogP contribution < -0.4 is 26.6 Å². The highest BCUT2D eigenvalue weighted by Gasteiger charge is 2.53. The van der Waals surface area contributed by atoms with Gasteiger partial charge in [0.05, 0.1) is 82.8 Å². The molecule has 11 aliphatic rings. The van der Waals surface area contributed by atoms with Gasteiger partial charge in [0.1, 0.15) is 0 Å². The van der Waals surface area contributed by atoms with Crippen molar-refractivity contribution >= 4 is 202 Å². The molecule has 11 fully saturated rings. The summed E-state index contributed by atoms with van der Waals surface area (Å²) in [5, 5.41) is 54.6. The van der Waals surface area contributed by atoms with E-state index in [4.69, 9.17) is 162 Å². The van der Waals surface area contributed by atoms with Gasteiger partial charge in [0.25, 0.3) is 0 Å². The molecule has 4 unspecified atom stereocenters. The Morgan fingerprint density at radius 1 is 0.326 bits per heavy atom. The molecule has 0 amide bonds. The maximum absolute atomic E-state index is 9.63. The zero-order valence-electron chi connectivity index (χ0n) is 75.1. The highest BCUT2D eigenvalue weighted by Crippen LogP contribution is 2.56. The molecule has 14 atom stereocenters. The molecule has 0 radical (unpaired) electrons. The van der Waals surface area contributed by atoms with Gasteiger partial charge in [0, 0.05) is 138 Å². The fourth-order valence-corrected chi connectivity index (χ4v) is 26.3. The van der Waals surface area contributed by atoms with Gasteiger partial charge in [-0.15, -0.1) is 0 Å². The molecule has 7 aliphatic carbocycles. The summed E-state index contributed by atoms with van der Waals surface area (Å²) in [4.78, 5) is 4.90. The number of hydrogen-bond acceptors (Lipinski definition) is 14. The van der Waals surface area contributed by atoms with Gasteiger partial charge in [0.2, 0.25) is 18.1 Å². The van der Waals surface area contributed by atoms with E-state index >= 15 is 0 Å². The molecule has 4 aliphatic heterocycles. The average Bonchev–Trinajstić information content (AvgIpc) is 1.60. The fraction of sp³-hybridized carbons (Fsp3) is 0.580. The van der Waals surface area contributed by atoms with Crippen LogP contribution in [-0.4, -0.2) is 182 Å². The average molecular weight is 2180 g/mol. The van der Waals surface area contributed by atoms with E-state index in [9.17, 15) is 32.2 Å². The Labute approximate surface area is 867 Å². The number of hydrogen-bond donors (Lipinski definition) is 8. The zero-order chi connectivity index (χ0) is 95.0. The number of halogens is 16. The first-order chi connectivity index (χ1) is 61.6. The molecule has 0 spiro atoms. The van der Waals surface area contributed by atoms with Crippen LogP contribution in [0.1, 0.15) is 189 Å². The van der Waals surface area contributed by atoms with Crippen molar-refractivity contribution < 1.29 is 32.2 Å². The lowest BCUT2D eigenvalue weighted by Crippen LogP contribution is -2.41. The first-order valence-corrected chi connectivity index (χ1v) is 55.8. The highest BCUT2D eigenvalue weighted by atomic mass is 35.7. The molecule has 32 heteroatoms. The molecule has 7 aromatic carbocycles. The lowest BCUT2D eigenvalue weighted by atomic mass is 9.72. The number of likely N-dealkylation sites (tertiary alicyclic amines) is 2. The Morgan fingerprint density at radius 2 is 0.530 bits per heavy atom. The van der Waals surface area contributed by atoms with Crippen LogP contribution in [0.2, 0.25) is 70.3 Å². The molecule has 0 bridgehead atoms. The smallest absolute Gasteiger partial charge is 0.229 e. The van der Waals surface area contributed by atoms with E-state index in [-0.39, 0.29) is 50.9 Å². The number of aliphatic hydroxyl groups is 3. The summed E-state index contributed by atoms with van der Waals surface area (Å²) < 4.78 is 37.6. The number of rotatable bonds is 16. The Balaban J connectivity index is 0.000000186. The first-order valence-electron chi connectivity index (χ1n) is 45.1. The van der Waals surface area contributed by atoms with Gasteiger partial charge in [-0.05, 0) is 304 Å². The maximum Gasteiger partial charge on any atom is 0.229 e.